The molecule has 0 saturated heterocycles. The summed E-state index contributed by atoms with van der Waals surface area (Å²) in [4.78, 5) is 18.4. The van der Waals surface area contributed by atoms with Crippen molar-refractivity contribution in [3.05, 3.63) is 12.2 Å². The van der Waals surface area contributed by atoms with Gasteiger partial charge in [0.2, 0.25) is 0 Å². The predicted molar refractivity (Wildman–Crippen MR) is 140 cm³/mol. The second-order valence-electron chi connectivity index (χ2n) is 9.49. The van der Waals surface area contributed by atoms with Crippen molar-refractivity contribution in [2.75, 3.05) is 32.8 Å². The molecule has 0 radical (unpaired) electrons. The largest absolute Gasteiger partial charge is 0.466 e. The van der Waals surface area contributed by atoms with Crippen LogP contribution in [0.3, 0.4) is 0 Å². The van der Waals surface area contributed by atoms with Crippen molar-refractivity contribution in [1.29, 1.82) is 0 Å². The lowest BCUT2D eigenvalue weighted by Gasteiger charge is -2.18. The summed E-state index contributed by atoms with van der Waals surface area (Å²) < 4.78 is 5.06. The van der Waals surface area contributed by atoms with Gasteiger partial charge in [0.1, 0.15) is 0 Å². The maximum Gasteiger partial charge on any atom is 0.308 e. The summed E-state index contributed by atoms with van der Waals surface area (Å²) in [6.07, 6.45) is 24.7. The molecule has 1 atom stereocenters. The monoisotopic (exact) mass is 464 g/mol. The fourth-order valence-corrected chi connectivity index (χ4v) is 4.44. The van der Waals surface area contributed by atoms with Gasteiger partial charge in [-0.1, -0.05) is 76.9 Å². The van der Waals surface area contributed by atoms with E-state index >= 15 is 0 Å². The highest BCUT2D eigenvalue weighted by atomic mass is 16.5. The Labute approximate surface area is 204 Å². The molecule has 5 heteroatoms. The van der Waals surface area contributed by atoms with Gasteiger partial charge in [0, 0.05) is 19.5 Å². The van der Waals surface area contributed by atoms with Crippen LogP contribution in [-0.4, -0.2) is 54.7 Å². The van der Waals surface area contributed by atoms with Crippen molar-refractivity contribution in [3.8, 4) is 0 Å². The summed E-state index contributed by atoms with van der Waals surface area (Å²) in [7, 11) is 0. The number of rotatable bonds is 22. The molecule has 0 amide bonds. The van der Waals surface area contributed by atoms with Gasteiger partial charge in [-0.25, -0.2) is 0 Å². The molecule has 0 bridgehead atoms. The van der Waals surface area contributed by atoms with Crippen LogP contribution in [0.5, 0.6) is 0 Å². The average molecular weight is 465 g/mol. The fourth-order valence-electron chi connectivity index (χ4n) is 4.44. The van der Waals surface area contributed by atoms with Gasteiger partial charge in [-0.05, 0) is 45.4 Å². The van der Waals surface area contributed by atoms with E-state index in [-0.39, 0.29) is 18.5 Å². The van der Waals surface area contributed by atoms with Gasteiger partial charge in [-0.15, -0.1) is 0 Å². The van der Waals surface area contributed by atoms with E-state index in [0.717, 1.165) is 38.9 Å². The maximum atomic E-state index is 11.6. The first-order valence-corrected chi connectivity index (χ1v) is 13.9. The van der Waals surface area contributed by atoms with E-state index in [1.165, 1.54) is 89.3 Å². The number of carbonyl (C=O) groups is 1. The summed E-state index contributed by atoms with van der Waals surface area (Å²) in [6, 6.07) is 0. The molecule has 0 spiro atoms. The third-order valence-electron chi connectivity index (χ3n) is 6.53. The van der Waals surface area contributed by atoms with Crippen molar-refractivity contribution in [2.45, 2.75) is 117 Å². The van der Waals surface area contributed by atoms with Crippen LogP contribution in [0.1, 0.15) is 117 Å². The molecular formula is C28H52N2O3. The van der Waals surface area contributed by atoms with Gasteiger partial charge < -0.3 is 14.7 Å². The number of ether oxygens (including phenoxy) is 1. The predicted octanol–water partition coefficient (Wildman–Crippen LogP) is 6.69. The lowest BCUT2D eigenvalue weighted by Crippen LogP contribution is -2.30. The number of aliphatic imine (C=N–C) groups is 1. The summed E-state index contributed by atoms with van der Waals surface area (Å²) >= 11 is 0. The van der Waals surface area contributed by atoms with Gasteiger partial charge in [-0.2, -0.15) is 0 Å². The van der Waals surface area contributed by atoms with Crippen molar-refractivity contribution in [2.24, 2.45) is 10.9 Å². The Hall–Kier alpha value is -1.36. The minimum Gasteiger partial charge on any atom is -0.466 e. The molecule has 1 unspecified atom stereocenters. The second kappa shape index (κ2) is 21.2. The average Bonchev–Trinajstić information content (AvgIpc) is 3.25. The van der Waals surface area contributed by atoms with Crippen LogP contribution in [0.25, 0.3) is 0 Å². The van der Waals surface area contributed by atoms with Crippen LogP contribution >= 0.6 is 0 Å². The van der Waals surface area contributed by atoms with Crippen molar-refractivity contribution in [1.82, 2.24) is 4.90 Å². The minimum absolute atomic E-state index is 0.0401. The number of hydrogen-bond acceptors (Lipinski definition) is 5. The number of allylic oxidation sites excluding steroid dienone is 2. The molecule has 0 aromatic heterocycles. The molecule has 192 valence electrons. The number of nitrogens with zero attached hydrogens (tertiary/aromatic N) is 2. The zero-order valence-corrected chi connectivity index (χ0v) is 21.7. The summed E-state index contributed by atoms with van der Waals surface area (Å²) in [5.41, 5.74) is 0. The van der Waals surface area contributed by atoms with Crippen LogP contribution < -0.4 is 0 Å². The van der Waals surface area contributed by atoms with Crippen molar-refractivity contribution >= 4 is 11.8 Å². The first kappa shape index (κ1) is 29.7. The van der Waals surface area contributed by atoms with Gasteiger partial charge in [0.15, 0.2) is 0 Å². The SMILES string of the molecule is CCOC(=O)C(C)CCCCCCCC/C=C\CCCCCCCCC1=NCCN1CCO. The maximum absolute atomic E-state index is 11.6. The molecule has 1 rings (SSSR count). The van der Waals surface area contributed by atoms with Gasteiger partial charge >= 0.3 is 5.97 Å². The molecule has 0 fully saturated rings. The zero-order valence-electron chi connectivity index (χ0n) is 21.7. The number of hydrogen-bond donors (Lipinski definition) is 1. The summed E-state index contributed by atoms with van der Waals surface area (Å²) in [6.45, 7) is 7.20. The third kappa shape index (κ3) is 16.0. The molecule has 1 aliphatic heterocycles. The Kier molecular flexibility index (Phi) is 19.1. The van der Waals surface area contributed by atoms with Gasteiger partial charge in [0.05, 0.1) is 31.5 Å². The van der Waals surface area contributed by atoms with Crippen LogP contribution in [0.15, 0.2) is 17.1 Å². The number of esters is 1. The lowest BCUT2D eigenvalue weighted by atomic mass is 10.0. The fraction of sp³-hybridized carbons (Fsp3) is 0.857. The first-order valence-electron chi connectivity index (χ1n) is 13.9. The Bertz CT molecular complexity index is 533. The number of aliphatic hydroxyl groups excluding tert-OH is 1. The van der Waals surface area contributed by atoms with E-state index < -0.39 is 0 Å². The number of β-amino-alcohol motifs (C(OH)–C–C–N with tert-alkyl or cyclic N) is 1. The smallest absolute Gasteiger partial charge is 0.308 e. The zero-order chi connectivity index (χ0) is 24.0. The molecular weight excluding hydrogens is 412 g/mol. The Morgan fingerprint density at radius 2 is 1.55 bits per heavy atom. The Morgan fingerprint density at radius 1 is 0.970 bits per heavy atom. The van der Waals surface area contributed by atoms with E-state index in [2.05, 4.69) is 22.0 Å². The highest BCUT2D eigenvalue weighted by Crippen LogP contribution is 2.15. The number of amidine groups is 1. The van der Waals surface area contributed by atoms with Crippen LogP contribution in [-0.2, 0) is 9.53 Å². The van der Waals surface area contributed by atoms with Gasteiger partial charge in [-0.3, -0.25) is 9.79 Å². The summed E-state index contributed by atoms with van der Waals surface area (Å²) in [5.74, 6) is 1.23. The van der Waals surface area contributed by atoms with Gasteiger partial charge in [0.25, 0.3) is 0 Å². The number of aliphatic hydroxyl groups is 1. The summed E-state index contributed by atoms with van der Waals surface area (Å²) in [5, 5.41) is 9.09. The van der Waals surface area contributed by atoms with Crippen molar-refractivity contribution < 1.29 is 14.6 Å². The molecule has 1 aliphatic rings. The molecule has 1 N–H and O–H groups in total. The van der Waals surface area contributed by atoms with E-state index in [9.17, 15) is 4.79 Å². The van der Waals surface area contributed by atoms with E-state index in [0.29, 0.717) is 6.61 Å². The third-order valence-corrected chi connectivity index (χ3v) is 6.53. The Balaban J connectivity index is 1.79. The highest BCUT2D eigenvalue weighted by Gasteiger charge is 2.15. The molecule has 33 heavy (non-hydrogen) atoms. The van der Waals surface area contributed by atoms with Crippen molar-refractivity contribution in [3.63, 3.8) is 0 Å². The lowest BCUT2D eigenvalue weighted by molar-refractivity contribution is -0.147. The normalized spacial score (nSPS) is 14.8. The van der Waals surface area contributed by atoms with E-state index in [1.54, 1.807) is 0 Å². The molecule has 0 aromatic carbocycles. The standard InChI is InChI=1S/C28H52N2O3/c1-3-33-28(32)26(2)20-18-16-14-12-10-8-6-4-5-7-9-11-13-15-17-19-21-27-29-22-23-30(27)24-25-31/h4-5,26,31H,3,6-25H2,1-2H3/b5-4-. The molecule has 5 nitrogen and oxygen atoms in total. The number of unbranched alkanes of at least 4 members (excludes halogenated alkanes) is 12. The van der Waals surface area contributed by atoms with Crippen LogP contribution in [0.4, 0.5) is 0 Å². The molecule has 0 aliphatic carbocycles. The highest BCUT2D eigenvalue weighted by molar-refractivity contribution is 5.83. The second-order valence-corrected chi connectivity index (χ2v) is 9.49. The topological polar surface area (TPSA) is 62.1 Å². The number of carbonyl (C=O) groups excluding carboxylic acids is 1. The van der Waals surface area contributed by atoms with E-state index in [4.69, 9.17) is 9.84 Å². The quantitative estimate of drug-likeness (QED) is 0.110. The molecule has 0 aromatic rings. The first-order chi connectivity index (χ1) is 16.2. The molecule has 1 heterocycles. The Morgan fingerprint density at radius 3 is 2.15 bits per heavy atom. The molecule has 0 saturated carbocycles. The van der Waals surface area contributed by atoms with Crippen LogP contribution in [0.2, 0.25) is 0 Å². The van der Waals surface area contributed by atoms with E-state index in [1.807, 2.05) is 13.8 Å². The van der Waals surface area contributed by atoms with Crippen LogP contribution in [0, 0.1) is 5.92 Å². The minimum atomic E-state index is -0.0401.